The monoisotopic (exact) mass is 274 g/mol. The van der Waals surface area contributed by atoms with Crippen molar-refractivity contribution in [3.63, 3.8) is 0 Å². The number of aryl methyl sites for hydroxylation is 1. The number of hydrogen-bond acceptors (Lipinski definition) is 1. The average molecular weight is 275 g/mol. The molecule has 0 saturated heterocycles. The van der Waals surface area contributed by atoms with Crippen molar-refractivity contribution in [3.05, 3.63) is 54.1 Å². The van der Waals surface area contributed by atoms with Crippen LogP contribution in [0.1, 0.15) is 18.9 Å². The van der Waals surface area contributed by atoms with Crippen molar-refractivity contribution in [2.45, 2.75) is 19.8 Å². The maximum absolute atomic E-state index is 5.62. The molecule has 1 nitrogen and oxygen atoms in total. The van der Waals surface area contributed by atoms with E-state index in [9.17, 15) is 0 Å². The third kappa shape index (κ3) is 4.00. The molecule has 0 saturated carbocycles. The number of benzene rings is 2. The second-order valence-corrected chi connectivity index (χ2v) is 4.84. The van der Waals surface area contributed by atoms with E-state index in [2.05, 4.69) is 43.3 Å². The van der Waals surface area contributed by atoms with Crippen LogP contribution in [0.3, 0.4) is 0 Å². The summed E-state index contributed by atoms with van der Waals surface area (Å²) in [6.07, 6.45) is 1.95. The zero-order valence-electron chi connectivity index (χ0n) is 11.2. The van der Waals surface area contributed by atoms with E-state index in [1.165, 1.54) is 16.7 Å². The van der Waals surface area contributed by atoms with Gasteiger partial charge < -0.3 is 4.74 Å². The zero-order chi connectivity index (χ0) is 13.5. The molecule has 19 heavy (non-hydrogen) atoms. The van der Waals surface area contributed by atoms with Gasteiger partial charge in [-0.15, -0.1) is 11.6 Å². The van der Waals surface area contributed by atoms with Gasteiger partial charge in [0.1, 0.15) is 5.75 Å². The Morgan fingerprint density at radius 1 is 0.895 bits per heavy atom. The normalized spacial score (nSPS) is 10.4. The van der Waals surface area contributed by atoms with Gasteiger partial charge in [-0.25, -0.2) is 0 Å². The summed E-state index contributed by atoms with van der Waals surface area (Å²) in [5.74, 6) is 1.54. The topological polar surface area (TPSA) is 9.23 Å². The summed E-state index contributed by atoms with van der Waals surface area (Å²) >= 11 is 5.62. The van der Waals surface area contributed by atoms with Gasteiger partial charge in [0.25, 0.3) is 0 Å². The van der Waals surface area contributed by atoms with Crippen molar-refractivity contribution in [3.8, 4) is 16.9 Å². The Kier molecular flexibility index (Phi) is 5.29. The molecular weight excluding hydrogens is 256 g/mol. The fourth-order valence-electron chi connectivity index (χ4n) is 1.92. The highest BCUT2D eigenvalue weighted by atomic mass is 35.5. The van der Waals surface area contributed by atoms with E-state index in [4.69, 9.17) is 16.3 Å². The molecule has 0 radical (unpaired) electrons. The van der Waals surface area contributed by atoms with E-state index >= 15 is 0 Å². The molecule has 0 fully saturated rings. The van der Waals surface area contributed by atoms with Gasteiger partial charge in [0, 0.05) is 5.88 Å². The minimum absolute atomic E-state index is 0.641. The lowest BCUT2D eigenvalue weighted by molar-refractivity contribution is 0.318. The smallest absolute Gasteiger partial charge is 0.119 e. The molecule has 2 rings (SSSR count). The van der Waals surface area contributed by atoms with Gasteiger partial charge in [-0.05, 0) is 41.7 Å². The van der Waals surface area contributed by atoms with E-state index in [0.29, 0.717) is 12.5 Å². The first-order valence-corrected chi connectivity index (χ1v) is 7.25. The summed E-state index contributed by atoms with van der Waals surface area (Å²) in [5.41, 5.74) is 3.82. The third-order valence-electron chi connectivity index (χ3n) is 3.10. The van der Waals surface area contributed by atoms with Crippen LogP contribution in [0.2, 0.25) is 0 Å². The van der Waals surface area contributed by atoms with E-state index < -0.39 is 0 Å². The summed E-state index contributed by atoms with van der Waals surface area (Å²) in [5, 5.41) is 0. The average Bonchev–Trinajstić information content (AvgIpc) is 2.48. The van der Waals surface area contributed by atoms with E-state index in [1.54, 1.807) is 0 Å². The van der Waals surface area contributed by atoms with Gasteiger partial charge in [-0.3, -0.25) is 0 Å². The fraction of sp³-hybridized carbons (Fsp3) is 0.294. The SMILES string of the molecule is CCc1ccc(-c2ccc(OCCCCl)cc2)cc1. The molecular formula is C17H19ClO. The van der Waals surface area contributed by atoms with Crippen LogP contribution < -0.4 is 4.74 Å². The fourth-order valence-corrected chi connectivity index (χ4v) is 2.03. The molecule has 0 N–H and O–H groups in total. The molecule has 2 aromatic rings. The van der Waals surface area contributed by atoms with Gasteiger partial charge in [-0.1, -0.05) is 43.3 Å². The molecule has 0 unspecified atom stereocenters. The molecule has 2 heteroatoms. The quantitative estimate of drug-likeness (QED) is 0.536. The lowest BCUT2D eigenvalue weighted by atomic mass is 10.0. The van der Waals surface area contributed by atoms with Crippen molar-refractivity contribution in [1.82, 2.24) is 0 Å². The van der Waals surface area contributed by atoms with Crippen molar-refractivity contribution >= 4 is 11.6 Å². The minimum atomic E-state index is 0.641. The molecule has 0 aliphatic carbocycles. The molecule has 2 aromatic carbocycles. The van der Waals surface area contributed by atoms with Gasteiger partial charge in [0.2, 0.25) is 0 Å². The van der Waals surface area contributed by atoms with Gasteiger partial charge in [0.15, 0.2) is 0 Å². The van der Waals surface area contributed by atoms with Crippen LogP contribution in [0.4, 0.5) is 0 Å². The molecule has 0 aromatic heterocycles. The number of rotatable bonds is 6. The Labute approximate surface area is 120 Å². The zero-order valence-corrected chi connectivity index (χ0v) is 12.0. The summed E-state index contributed by atoms with van der Waals surface area (Å²) in [4.78, 5) is 0. The third-order valence-corrected chi connectivity index (χ3v) is 3.36. The maximum atomic E-state index is 5.62. The number of halogens is 1. The molecule has 0 atom stereocenters. The standard InChI is InChI=1S/C17H19ClO/c1-2-14-4-6-15(7-5-14)16-8-10-17(11-9-16)19-13-3-12-18/h4-11H,2-3,12-13H2,1H3. The first-order valence-electron chi connectivity index (χ1n) is 6.71. The van der Waals surface area contributed by atoms with Crippen LogP contribution in [-0.2, 0) is 6.42 Å². The van der Waals surface area contributed by atoms with E-state index in [1.807, 2.05) is 12.1 Å². The van der Waals surface area contributed by atoms with Crippen molar-refractivity contribution in [2.75, 3.05) is 12.5 Å². The molecule has 0 aliphatic rings. The number of ether oxygens (including phenoxy) is 1. The van der Waals surface area contributed by atoms with Crippen LogP contribution in [0.15, 0.2) is 48.5 Å². The van der Waals surface area contributed by atoms with Crippen molar-refractivity contribution < 1.29 is 4.74 Å². The van der Waals surface area contributed by atoms with Crippen LogP contribution in [0.5, 0.6) is 5.75 Å². The molecule has 100 valence electrons. The van der Waals surface area contributed by atoms with Crippen LogP contribution in [-0.4, -0.2) is 12.5 Å². The Morgan fingerprint density at radius 3 is 2.00 bits per heavy atom. The molecule has 0 aliphatic heterocycles. The first-order chi connectivity index (χ1) is 9.33. The highest BCUT2D eigenvalue weighted by Gasteiger charge is 1.99. The van der Waals surface area contributed by atoms with Crippen LogP contribution >= 0.6 is 11.6 Å². The van der Waals surface area contributed by atoms with Gasteiger partial charge in [0.05, 0.1) is 6.61 Å². The Balaban J connectivity index is 2.04. The summed E-state index contributed by atoms with van der Waals surface area (Å²) < 4.78 is 5.59. The predicted molar refractivity (Wildman–Crippen MR) is 82.1 cm³/mol. The number of hydrogen-bond donors (Lipinski definition) is 0. The number of alkyl halides is 1. The Hall–Kier alpha value is -1.47. The summed E-state index contributed by atoms with van der Waals surface area (Å²) in [7, 11) is 0. The predicted octanol–water partition coefficient (Wildman–Crippen LogP) is 4.92. The molecule has 0 bridgehead atoms. The lowest BCUT2D eigenvalue weighted by Crippen LogP contribution is -1.97. The molecule has 0 spiro atoms. The van der Waals surface area contributed by atoms with Gasteiger partial charge >= 0.3 is 0 Å². The molecule has 0 amide bonds. The summed E-state index contributed by atoms with van der Waals surface area (Å²) in [6.45, 7) is 2.84. The lowest BCUT2D eigenvalue weighted by Gasteiger charge is -2.07. The maximum Gasteiger partial charge on any atom is 0.119 e. The second kappa shape index (κ2) is 7.20. The highest BCUT2D eigenvalue weighted by Crippen LogP contribution is 2.23. The van der Waals surface area contributed by atoms with Crippen molar-refractivity contribution in [1.29, 1.82) is 0 Å². The van der Waals surface area contributed by atoms with E-state index in [-0.39, 0.29) is 0 Å². The van der Waals surface area contributed by atoms with Crippen molar-refractivity contribution in [2.24, 2.45) is 0 Å². The highest BCUT2D eigenvalue weighted by molar-refractivity contribution is 6.17. The first kappa shape index (κ1) is 14.0. The second-order valence-electron chi connectivity index (χ2n) is 4.47. The van der Waals surface area contributed by atoms with E-state index in [0.717, 1.165) is 18.6 Å². The minimum Gasteiger partial charge on any atom is -0.494 e. The largest absolute Gasteiger partial charge is 0.494 e. The van der Waals surface area contributed by atoms with Crippen LogP contribution in [0, 0.1) is 0 Å². The van der Waals surface area contributed by atoms with Crippen LogP contribution in [0.25, 0.3) is 11.1 Å². The Bertz CT molecular complexity index is 488. The Morgan fingerprint density at radius 2 is 1.47 bits per heavy atom. The molecule has 0 heterocycles. The summed E-state index contributed by atoms with van der Waals surface area (Å²) in [6, 6.07) is 16.9. The van der Waals surface area contributed by atoms with Gasteiger partial charge in [-0.2, -0.15) is 0 Å².